The number of hydrogen-bond acceptors (Lipinski definition) is 5. The SMILES string of the molecule is COc1cc(OC)cc(C(=O)Nc2ccc(S(=O)(=O)Nc3ccc(Cl)c(C(F)(F)F)c3)cc2)c1. The largest absolute Gasteiger partial charge is 0.497 e. The van der Waals surface area contributed by atoms with Gasteiger partial charge in [-0.25, -0.2) is 8.42 Å². The molecule has 7 nitrogen and oxygen atoms in total. The third kappa shape index (κ3) is 5.91. The second-order valence-electron chi connectivity index (χ2n) is 6.88. The van der Waals surface area contributed by atoms with Gasteiger partial charge in [-0.05, 0) is 54.6 Å². The first-order valence-corrected chi connectivity index (χ1v) is 11.3. The Hall–Kier alpha value is -3.44. The lowest BCUT2D eigenvalue weighted by Crippen LogP contribution is -2.15. The minimum atomic E-state index is -4.74. The lowest BCUT2D eigenvalue weighted by atomic mass is 10.2. The van der Waals surface area contributed by atoms with Gasteiger partial charge in [-0.2, -0.15) is 13.2 Å². The zero-order valence-corrected chi connectivity index (χ0v) is 19.3. The number of rotatable bonds is 7. The number of nitrogens with one attached hydrogen (secondary N) is 2. The first-order chi connectivity index (χ1) is 15.9. The zero-order valence-electron chi connectivity index (χ0n) is 17.7. The predicted molar refractivity (Wildman–Crippen MR) is 121 cm³/mol. The fourth-order valence-electron chi connectivity index (χ4n) is 2.88. The van der Waals surface area contributed by atoms with E-state index in [2.05, 4.69) is 10.0 Å². The summed E-state index contributed by atoms with van der Waals surface area (Å²) in [6, 6.07) is 12.4. The summed E-state index contributed by atoms with van der Waals surface area (Å²) in [5, 5.41) is 2.06. The van der Waals surface area contributed by atoms with E-state index in [0.29, 0.717) is 17.6 Å². The number of ether oxygens (including phenoxy) is 2. The molecule has 0 radical (unpaired) electrons. The van der Waals surface area contributed by atoms with Crippen molar-refractivity contribution in [1.82, 2.24) is 0 Å². The van der Waals surface area contributed by atoms with Gasteiger partial charge in [0.1, 0.15) is 11.5 Å². The van der Waals surface area contributed by atoms with Crippen LogP contribution in [0.1, 0.15) is 15.9 Å². The van der Waals surface area contributed by atoms with Crippen LogP contribution >= 0.6 is 11.6 Å². The topological polar surface area (TPSA) is 93.7 Å². The summed E-state index contributed by atoms with van der Waals surface area (Å²) >= 11 is 5.56. The molecule has 3 aromatic rings. The monoisotopic (exact) mass is 514 g/mol. The summed E-state index contributed by atoms with van der Waals surface area (Å²) < 4.78 is 76.6. The van der Waals surface area contributed by atoms with Gasteiger partial charge in [0.25, 0.3) is 15.9 Å². The van der Waals surface area contributed by atoms with Crippen molar-refractivity contribution < 1.29 is 35.9 Å². The number of alkyl halides is 3. The Balaban J connectivity index is 1.77. The summed E-state index contributed by atoms with van der Waals surface area (Å²) in [5.41, 5.74) is -0.933. The number of carbonyl (C=O) groups excluding carboxylic acids is 1. The molecular formula is C22H18ClF3N2O5S. The standard InChI is InChI=1S/C22H18ClF3N2O5S/c1-32-16-9-13(10-17(12-16)33-2)21(29)27-14-3-6-18(7-4-14)34(30,31)28-15-5-8-20(23)19(11-15)22(24,25)26/h3-12,28H,1-2H3,(H,27,29). The van der Waals surface area contributed by atoms with Crippen LogP contribution in [0.25, 0.3) is 0 Å². The minimum Gasteiger partial charge on any atom is -0.497 e. The molecule has 0 heterocycles. The van der Waals surface area contributed by atoms with Crippen molar-refractivity contribution in [2.45, 2.75) is 11.1 Å². The Morgan fingerprint density at radius 2 is 1.44 bits per heavy atom. The molecule has 0 atom stereocenters. The maximum absolute atomic E-state index is 13.0. The minimum absolute atomic E-state index is 0.225. The van der Waals surface area contributed by atoms with Crippen LogP contribution in [-0.2, 0) is 16.2 Å². The number of amides is 1. The van der Waals surface area contributed by atoms with Crippen LogP contribution in [0, 0.1) is 0 Å². The summed E-state index contributed by atoms with van der Waals surface area (Å²) in [7, 11) is -1.33. The number of sulfonamides is 1. The van der Waals surface area contributed by atoms with Gasteiger partial charge >= 0.3 is 6.18 Å². The van der Waals surface area contributed by atoms with E-state index < -0.39 is 32.7 Å². The zero-order chi connectivity index (χ0) is 25.1. The van der Waals surface area contributed by atoms with Crippen molar-refractivity contribution in [3.63, 3.8) is 0 Å². The molecule has 0 saturated carbocycles. The molecule has 0 bridgehead atoms. The highest BCUT2D eigenvalue weighted by atomic mass is 35.5. The van der Waals surface area contributed by atoms with Crippen LogP contribution in [0.15, 0.2) is 65.6 Å². The molecule has 180 valence electrons. The van der Waals surface area contributed by atoms with Crippen molar-refractivity contribution in [3.05, 3.63) is 76.8 Å². The second-order valence-corrected chi connectivity index (χ2v) is 8.97. The van der Waals surface area contributed by atoms with Gasteiger partial charge in [0.15, 0.2) is 0 Å². The highest BCUT2D eigenvalue weighted by Crippen LogP contribution is 2.36. The molecule has 0 unspecified atom stereocenters. The molecule has 0 fully saturated rings. The molecular weight excluding hydrogens is 497 g/mol. The van der Waals surface area contributed by atoms with Crippen molar-refractivity contribution in [3.8, 4) is 11.5 Å². The van der Waals surface area contributed by atoms with Crippen molar-refractivity contribution in [2.75, 3.05) is 24.3 Å². The highest BCUT2D eigenvalue weighted by molar-refractivity contribution is 7.92. The fourth-order valence-corrected chi connectivity index (χ4v) is 4.15. The van der Waals surface area contributed by atoms with E-state index in [0.717, 1.165) is 12.1 Å². The molecule has 0 aliphatic heterocycles. The number of hydrogen-bond donors (Lipinski definition) is 2. The van der Waals surface area contributed by atoms with Gasteiger partial charge in [-0.1, -0.05) is 11.6 Å². The van der Waals surface area contributed by atoms with Gasteiger partial charge in [-0.3, -0.25) is 9.52 Å². The Morgan fingerprint density at radius 3 is 1.97 bits per heavy atom. The number of anilines is 2. The van der Waals surface area contributed by atoms with Crippen molar-refractivity contribution in [2.24, 2.45) is 0 Å². The van der Waals surface area contributed by atoms with Crippen LogP contribution in [-0.4, -0.2) is 28.5 Å². The maximum atomic E-state index is 13.0. The number of methoxy groups -OCH3 is 2. The molecule has 3 aromatic carbocycles. The van der Waals surface area contributed by atoms with Gasteiger partial charge in [0, 0.05) is 23.0 Å². The summed E-state index contributed by atoms with van der Waals surface area (Å²) in [4.78, 5) is 12.3. The fraction of sp³-hybridized carbons (Fsp3) is 0.136. The van der Waals surface area contributed by atoms with Crippen LogP contribution in [0.4, 0.5) is 24.5 Å². The quantitative estimate of drug-likeness (QED) is 0.438. The average molecular weight is 515 g/mol. The van der Waals surface area contributed by atoms with E-state index in [1.54, 1.807) is 6.07 Å². The molecule has 34 heavy (non-hydrogen) atoms. The molecule has 0 spiro atoms. The molecule has 0 aliphatic carbocycles. The summed E-state index contributed by atoms with van der Waals surface area (Å²) in [6.45, 7) is 0. The highest BCUT2D eigenvalue weighted by Gasteiger charge is 2.33. The Bertz CT molecular complexity index is 1290. The molecule has 0 saturated heterocycles. The van der Waals surface area contributed by atoms with Gasteiger partial charge < -0.3 is 14.8 Å². The molecule has 12 heteroatoms. The molecule has 0 aliphatic rings. The normalized spacial score (nSPS) is 11.6. The predicted octanol–water partition coefficient (Wildman–Crippen LogP) is 5.43. The van der Waals surface area contributed by atoms with Gasteiger partial charge in [0.2, 0.25) is 0 Å². The average Bonchev–Trinajstić information content (AvgIpc) is 2.79. The first-order valence-electron chi connectivity index (χ1n) is 9.47. The van der Waals surface area contributed by atoms with Crippen LogP contribution in [0.3, 0.4) is 0 Å². The smallest absolute Gasteiger partial charge is 0.417 e. The van der Waals surface area contributed by atoms with E-state index in [-0.39, 0.29) is 21.8 Å². The summed E-state index contributed by atoms with van der Waals surface area (Å²) in [5.74, 6) is 0.326. The third-order valence-corrected chi connectivity index (χ3v) is 6.29. The number of carbonyl (C=O) groups is 1. The van der Waals surface area contributed by atoms with E-state index >= 15 is 0 Å². The van der Waals surface area contributed by atoms with Crippen LogP contribution in [0.2, 0.25) is 5.02 Å². The Labute approximate surface area is 198 Å². The molecule has 2 N–H and O–H groups in total. The lowest BCUT2D eigenvalue weighted by molar-refractivity contribution is -0.137. The lowest BCUT2D eigenvalue weighted by Gasteiger charge is -2.13. The second kappa shape index (κ2) is 9.82. The molecule has 0 aromatic heterocycles. The third-order valence-electron chi connectivity index (χ3n) is 4.56. The Morgan fingerprint density at radius 1 is 0.882 bits per heavy atom. The van der Waals surface area contributed by atoms with Crippen LogP contribution in [0.5, 0.6) is 11.5 Å². The number of halogens is 4. The van der Waals surface area contributed by atoms with Gasteiger partial charge in [0.05, 0.1) is 29.7 Å². The van der Waals surface area contributed by atoms with E-state index in [1.165, 1.54) is 50.6 Å². The molecule has 1 amide bonds. The van der Waals surface area contributed by atoms with Gasteiger partial charge in [-0.15, -0.1) is 0 Å². The van der Waals surface area contributed by atoms with E-state index in [9.17, 15) is 26.4 Å². The molecule has 3 rings (SSSR count). The van der Waals surface area contributed by atoms with Crippen LogP contribution < -0.4 is 19.5 Å². The maximum Gasteiger partial charge on any atom is 0.417 e. The van der Waals surface area contributed by atoms with E-state index in [4.69, 9.17) is 21.1 Å². The van der Waals surface area contributed by atoms with Crippen molar-refractivity contribution >= 4 is 38.9 Å². The Kier molecular flexibility index (Phi) is 7.27. The number of benzene rings is 3. The van der Waals surface area contributed by atoms with E-state index in [1.807, 2.05) is 0 Å². The first kappa shape index (κ1) is 25.2. The summed E-state index contributed by atoms with van der Waals surface area (Å²) in [6.07, 6.45) is -4.74. The van der Waals surface area contributed by atoms with Crippen molar-refractivity contribution in [1.29, 1.82) is 0 Å².